The molecular formula is C12H9N3O6. The lowest BCUT2D eigenvalue weighted by Crippen LogP contribution is -2.25. The number of rotatable bonds is 4. The molecule has 0 spiro atoms. The smallest absolute Gasteiger partial charge is 0.412 e. The van der Waals surface area contributed by atoms with Gasteiger partial charge in [-0.2, -0.15) is 0 Å². The highest BCUT2D eigenvalue weighted by Crippen LogP contribution is 2.09. The van der Waals surface area contributed by atoms with E-state index in [2.05, 4.69) is 9.72 Å². The summed E-state index contributed by atoms with van der Waals surface area (Å²) in [5, 5.41) is 10.6. The van der Waals surface area contributed by atoms with E-state index in [1.807, 2.05) is 0 Å². The third-order valence-corrected chi connectivity index (χ3v) is 2.35. The number of nitrogens with zero attached hydrogens (tertiary/aromatic N) is 3. The van der Waals surface area contributed by atoms with E-state index in [9.17, 15) is 19.7 Å². The van der Waals surface area contributed by atoms with E-state index in [1.54, 1.807) is 30.3 Å². The topological polar surface area (TPSA) is 114 Å². The molecule has 108 valence electrons. The fraction of sp³-hybridized carbons (Fsp3) is 0.0833. The van der Waals surface area contributed by atoms with Gasteiger partial charge in [0.05, 0.1) is 4.92 Å². The summed E-state index contributed by atoms with van der Waals surface area (Å²) in [7, 11) is 0. The van der Waals surface area contributed by atoms with E-state index < -0.39 is 29.1 Å². The van der Waals surface area contributed by atoms with E-state index in [1.165, 1.54) is 0 Å². The first-order valence-electron chi connectivity index (χ1n) is 5.66. The molecular weight excluding hydrogens is 282 g/mol. The van der Waals surface area contributed by atoms with Crippen LogP contribution in [0.25, 0.3) is 0 Å². The molecule has 0 bridgehead atoms. The number of hydrogen-bond donors (Lipinski definition) is 0. The van der Waals surface area contributed by atoms with Crippen LogP contribution in [0.15, 0.2) is 47.7 Å². The van der Waals surface area contributed by atoms with Gasteiger partial charge in [-0.25, -0.2) is 9.78 Å². The van der Waals surface area contributed by atoms with E-state index in [0.717, 1.165) is 17.1 Å². The molecule has 0 N–H and O–H groups in total. The molecule has 1 aromatic heterocycles. The van der Waals surface area contributed by atoms with Crippen molar-refractivity contribution in [2.24, 2.45) is 0 Å². The predicted molar refractivity (Wildman–Crippen MR) is 68.7 cm³/mol. The number of para-hydroxylation sites is 1. The van der Waals surface area contributed by atoms with Gasteiger partial charge in [0.25, 0.3) is 0 Å². The Labute approximate surface area is 117 Å². The Morgan fingerprint density at radius 3 is 2.71 bits per heavy atom. The van der Waals surface area contributed by atoms with Crippen LogP contribution in [-0.4, -0.2) is 20.6 Å². The van der Waals surface area contributed by atoms with Crippen molar-refractivity contribution in [1.29, 1.82) is 0 Å². The van der Waals surface area contributed by atoms with Crippen molar-refractivity contribution in [3.8, 4) is 5.75 Å². The molecule has 0 aliphatic heterocycles. The van der Waals surface area contributed by atoms with Crippen LogP contribution < -0.4 is 10.3 Å². The third-order valence-electron chi connectivity index (χ3n) is 2.35. The van der Waals surface area contributed by atoms with E-state index >= 15 is 0 Å². The van der Waals surface area contributed by atoms with Gasteiger partial charge in [0.1, 0.15) is 18.3 Å². The van der Waals surface area contributed by atoms with Crippen molar-refractivity contribution >= 4 is 11.8 Å². The molecule has 0 saturated heterocycles. The summed E-state index contributed by atoms with van der Waals surface area (Å²) >= 11 is 0. The number of carbonyl (C=O) groups excluding carboxylic acids is 1. The minimum absolute atomic E-state index is 0.270. The van der Waals surface area contributed by atoms with Gasteiger partial charge in [-0.05, 0) is 12.1 Å². The Morgan fingerprint density at radius 2 is 2.05 bits per heavy atom. The van der Waals surface area contributed by atoms with Crippen LogP contribution in [0.4, 0.5) is 10.5 Å². The standard InChI is InChI=1S/C12H9N3O6/c16-11-10(15(18)19)6-13-7-14(11)8-20-12(17)21-9-4-2-1-3-5-9/h1-7H,8H2. The lowest BCUT2D eigenvalue weighted by molar-refractivity contribution is -0.386. The summed E-state index contributed by atoms with van der Waals surface area (Å²) in [6, 6.07) is 8.16. The van der Waals surface area contributed by atoms with Crippen molar-refractivity contribution < 1.29 is 19.2 Å². The first kappa shape index (κ1) is 14.2. The van der Waals surface area contributed by atoms with Crippen molar-refractivity contribution in [1.82, 2.24) is 9.55 Å². The molecule has 9 nitrogen and oxygen atoms in total. The minimum atomic E-state index is -1.04. The Hall–Kier alpha value is -3.23. The molecule has 0 atom stereocenters. The third kappa shape index (κ3) is 3.62. The molecule has 0 radical (unpaired) electrons. The zero-order chi connectivity index (χ0) is 15.2. The highest BCUT2D eigenvalue weighted by atomic mass is 16.7. The van der Waals surface area contributed by atoms with Crippen LogP contribution in [-0.2, 0) is 11.5 Å². The van der Waals surface area contributed by atoms with Crippen LogP contribution in [0.3, 0.4) is 0 Å². The molecule has 21 heavy (non-hydrogen) atoms. The van der Waals surface area contributed by atoms with E-state index in [0.29, 0.717) is 0 Å². The zero-order valence-corrected chi connectivity index (χ0v) is 10.5. The molecule has 0 aliphatic rings. The molecule has 0 aliphatic carbocycles. The largest absolute Gasteiger partial charge is 0.515 e. The Kier molecular flexibility index (Phi) is 4.24. The minimum Gasteiger partial charge on any atom is -0.412 e. The Balaban J connectivity index is 2.00. The average Bonchev–Trinajstić information content (AvgIpc) is 2.47. The highest BCUT2D eigenvalue weighted by molar-refractivity contribution is 5.63. The van der Waals surface area contributed by atoms with Crippen molar-refractivity contribution in [3.05, 3.63) is 63.3 Å². The second-order valence-corrected chi connectivity index (χ2v) is 3.75. The zero-order valence-electron chi connectivity index (χ0n) is 10.5. The fourth-order valence-electron chi connectivity index (χ4n) is 1.39. The normalized spacial score (nSPS) is 9.90. The lowest BCUT2D eigenvalue weighted by atomic mass is 10.3. The maximum Gasteiger partial charge on any atom is 0.515 e. The Bertz CT molecular complexity index is 712. The highest BCUT2D eigenvalue weighted by Gasteiger charge is 2.15. The van der Waals surface area contributed by atoms with Crippen molar-refractivity contribution in [2.45, 2.75) is 6.73 Å². The molecule has 2 aromatic rings. The molecule has 0 amide bonds. The summed E-state index contributed by atoms with van der Waals surface area (Å²) in [4.78, 5) is 36.3. The SMILES string of the molecule is O=C(OCn1cncc([N+](=O)[O-])c1=O)Oc1ccccc1. The van der Waals surface area contributed by atoms with Gasteiger partial charge in [0, 0.05) is 0 Å². The molecule has 2 rings (SSSR count). The van der Waals surface area contributed by atoms with Gasteiger partial charge < -0.3 is 9.47 Å². The maximum atomic E-state index is 11.6. The van der Waals surface area contributed by atoms with Crippen molar-refractivity contribution in [2.75, 3.05) is 0 Å². The van der Waals surface area contributed by atoms with Gasteiger partial charge in [0.2, 0.25) is 0 Å². The van der Waals surface area contributed by atoms with Crippen LogP contribution in [0.5, 0.6) is 5.75 Å². The van der Waals surface area contributed by atoms with Gasteiger partial charge in [-0.1, -0.05) is 18.2 Å². The first-order chi connectivity index (χ1) is 10.1. The van der Waals surface area contributed by atoms with E-state index in [-0.39, 0.29) is 5.75 Å². The van der Waals surface area contributed by atoms with Crippen LogP contribution >= 0.6 is 0 Å². The number of benzene rings is 1. The van der Waals surface area contributed by atoms with Crippen LogP contribution in [0.1, 0.15) is 0 Å². The summed E-state index contributed by atoms with van der Waals surface area (Å²) in [5.41, 5.74) is -1.64. The molecule has 9 heteroatoms. The maximum absolute atomic E-state index is 11.6. The molecule has 0 saturated carbocycles. The average molecular weight is 291 g/mol. The first-order valence-corrected chi connectivity index (χ1v) is 5.66. The quantitative estimate of drug-likeness (QED) is 0.361. The Morgan fingerprint density at radius 1 is 1.33 bits per heavy atom. The second-order valence-electron chi connectivity index (χ2n) is 3.75. The van der Waals surface area contributed by atoms with Gasteiger partial charge >= 0.3 is 17.4 Å². The number of hydrogen-bond acceptors (Lipinski definition) is 7. The van der Waals surface area contributed by atoms with Crippen LogP contribution in [0, 0.1) is 10.1 Å². The summed E-state index contributed by atoms with van der Waals surface area (Å²) in [5.74, 6) is 0.270. The van der Waals surface area contributed by atoms with E-state index in [4.69, 9.17) is 4.74 Å². The number of ether oxygens (including phenoxy) is 2. The van der Waals surface area contributed by atoms with Gasteiger partial charge in [-0.3, -0.25) is 19.5 Å². The molecule has 1 heterocycles. The lowest BCUT2D eigenvalue weighted by Gasteiger charge is -2.06. The second kappa shape index (κ2) is 6.28. The fourth-order valence-corrected chi connectivity index (χ4v) is 1.39. The number of carbonyl (C=O) groups is 1. The summed E-state index contributed by atoms with van der Waals surface area (Å²) < 4.78 is 10.3. The molecule has 0 unspecified atom stereocenters. The van der Waals surface area contributed by atoms with Crippen LogP contribution in [0.2, 0.25) is 0 Å². The molecule has 0 fully saturated rings. The predicted octanol–water partition coefficient (Wildman–Crippen LogP) is 1.32. The number of nitro groups is 1. The van der Waals surface area contributed by atoms with Gasteiger partial charge in [-0.15, -0.1) is 0 Å². The van der Waals surface area contributed by atoms with Gasteiger partial charge in [0.15, 0.2) is 6.73 Å². The number of aromatic nitrogens is 2. The monoisotopic (exact) mass is 291 g/mol. The summed E-state index contributed by atoms with van der Waals surface area (Å²) in [6.07, 6.45) is 0.798. The summed E-state index contributed by atoms with van der Waals surface area (Å²) in [6.45, 7) is -0.542. The molecule has 1 aromatic carbocycles. The van der Waals surface area contributed by atoms with Crippen molar-refractivity contribution in [3.63, 3.8) is 0 Å².